The van der Waals surface area contributed by atoms with Gasteiger partial charge < -0.3 is 5.32 Å². The van der Waals surface area contributed by atoms with Crippen LogP contribution < -0.4 is 5.32 Å². The van der Waals surface area contributed by atoms with E-state index < -0.39 is 5.92 Å². The van der Waals surface area contributed by atoms with Crippen molar-refractivity contribution in [2.45, 2.75) is 12.3 Å². The van der Waals surface area contributed by atoms with E-state index in [4.69, 9.17) is 11.6 Å². The van der Waals surface area contributed by atoms with E-state index in [-0.39, 0.29) is 18.5 Å². The van der Waals surface area contributed by atoms with Crippen LogP contribution in [0.4, 0.5) is 8.78 Å². The third-order valence-corrected chi connectivity index (χ3v) is 2.21. The Balaban J connectivity index is 2.75. The van der Waals surface area contributed by atoms with E-state index in [9.17, 15) is 8.78 Å². The van der Waals surface area contributed by atoms with Crippen LogP contribution in [0.5, 0.6) is 0 Å². The molecule has 0 amide bonds. The zero-order valence-electron chi connectivity index (χ0n) is 7.86. The van der Waals surface area contributed by atoms with Crippen molar-refractivity contribution in [3.8, 4) is 0 Å². The Labute approximate surface area is 87.1 Å². The van der Waals surface area contributed by atoms with E-state index in [0.29, 0.717) is 5.02 Å². The van der Waals surface area contributed by atoms with E-state index in [1.54, 1.807) is 7.05 Å². The Morgan fingerprint density at radius 2 is 1.86 bits per heavy atom. The summed E-state index contributed by atoms with van der Waals surface area (Å²) in [6.45, 7) is 0.287. The van der Waals surface area contributed by atoms with E-state index in [0.717, 1.165) is 0 Å². The Kier molecular flexibility index (Phi) is 3.84. The quantitative estimate of drug-likeness (QED) is 0.821. The van der Waals surface area contributed by atoms with Crippen LogP contribution in [-0.4, -0.2) is 13.6 Å². The lowest BCUT2D eigenvalue weighted by Gasteiger charge is -2.16. The molecule has 78 valence electrons. The molecule has 0 aliphatic carbocycles. The second-order valence-electron chi connectivity index (χ2n) is 3.06. The number of hydrogen-bond acceptors (Lipinski definition) is 1. The van der Waals surface area contributed by atoms with E-state index in [1.165, 1.54) is 24.3 Å². The largest absolute Gasteiger partial charge is 0.320 e. The second-order valence-corrected chi connectivity index (χ2v) is 3.50. The smallest absolute Gasteiger partial charge is 0.274 e. The van der Waals surface area contributed by atoms with Crippen molar-refractivity contribution in [1.29, 1.82) is 0 Å². The Morgan fingerprint density at radius 1 is 1.29 bits per heavy atom. The number of nitrogens with one attached hydrogen (secondary N) is 1. The molecule has 0 aliphatic rings. The third-order valence-electron chi connectivity index (χ3n) is 1.96. The SMILES string of the molecule is CNCCC(F)(F)c1ccc(Cl)cc1. The minimum atomic E-state index is -2.78. The predicted octanol–water partition coefficient (Wildman–Crippen LogP) is 3.04. The fourth-order valence-corrected chi connectivity index (χ4v) is 1.25. The molecule has 0 atom stereocenters. The summed E-state index contributed by atoms with van der Waals surface area (Å²) < 4.78 is 26.8. The van der Waals surface area contributed by atoms with Crippen LogP contribution in [-0.2, 0) is 5.92 Å². The zero-order valence-corrected chi connectivity index (χ0v) is 8.61. The lowest BCUT2D eigenvalue weighted by molar-refractivity contribution is -0.0123. The number of alkyl halides is 2. The van der Waals surface area contributed by atoms with Gasteiger partial charge in [-0.15, -0.1) is 0 Å². The van der Waals surface area contributed by atoms with Gasteiger partial charge in [0.2, 0.25) is 0 Å². The number of halogens is 3. The van der Waals surface area contributed by atoms with Gasteiger partial charge in [0.15, 0.2) is 0 Å². The maximum absolute atomic E-state index is 13.4. The highest BCUT2D eigenvalue weighted by atomic mass is 35.5. The fraction of sp³-hybridized carbons (Fsp3) is 0.400. The minimum Gasteiger partial charge on any atom is -0.320 e. The van der Waals surface area contributed by atoms with Crippen molar-refractivity contribution in [1.82, 2.24) is 5.32 Å². The summed E-state index contributed by atoms with van der Waals surface area (Å²) in [5.74, 6) is -2.78. The first kappa shape index (κ1) is 11.4. The minimum absolute atomic E-state index is 0.0113. The highest BCUT2D eigenvalue weighted by Gasteiger charge is 2.30. The number of hydrogen-bond donors (Lipinski definition) is 1. The van der Waals surface area contributed by atoms with Crippen molar-refractivity contribution >= 4 is 11.6 Å². The van der Waals surface area contributed by atoms with Crippen LogP contribution in [0.15, 0.2) is 24.3 Å². The maximum Gasteiger partial charge on any atom is 0.274 e. The van der Waals surface area contributed by atoms with Crippen molar-refractivity contribution in [2.24, 2.45) is 0 Å². The number of benzene rings is 1. The standard InChI is InChI=1S/C10H12ClF2N/c1-14-7-6-10(12,13)8-2-4-9(11)5-3-8/h2-5,14H,6-7H2,1H3. The zero-order chi connectivity index (χ0) is 10.6. The summed E-state index contributed by atoms with van der Waals surface area (Å²) in [7, 11) is 1.65. The van der Waals surface area contributed by atoms with Crippen LogP contribution in [0.1, 0.15) is 12.0 Å². The molecule has 1 aromatic rings. The highest BCUT2D eigenvalue weighted by molar-refractivity contribution is 6.30. The maximum atomic E-state index is 13.4. The summed E-state index contributed by atoms with van der Waals surface area (Å²) in [5.41, 5.74) is 0.0113. The van der Waals surface area contributed by atoms with Crippen LogP contribution in [0.2, 0.25) is 5.02 Å². The molecule has 0 heterocycles. The van der Waals surface area contributed by atoms with Crippen molar-refractivity contribution in [3.05, 3.63) is 34.9 Å². The topological polar surface area (TPSA) is 12.0 Å². The van der Waals surface area contributed by atoms with Gasteiger partial charge in [0.25, 0.3) is 5.92 Å². The lowest BCUT2D eigenvalue weighted by atomic mass is 10.1. The Hall–Kier alpha value is -0.670. The van der Waals surface area contributed by atoms with Gasteiger partial charge in [-0.05, 0) is 19.2 Å². The van der Waals surface area contributed by atoms with Gasteiger partial charge in [-0.25, -0.2) is 8.78 Å². The van der Waals surface area contributed by atoms with Gasteiger partial charge in [0.1, 0.15) is 0 Å². The van der Waals surface area contributed by atoms with E-state index in [2.05, 4.69) is 5.32 Å². The van der Waals surface area contributed by atoms with E-state index >= 15 is 0 Å². The molecular formula is C10H12ClF2N. The van der Waals surface area contributed by atoms with Gasteiger partial charge in [-0.1, -0.05) is 23.7 Å². The first-order chi connectivity index (χ1) is 6.56. The molecule has 1 N–H and O–H groups in total. The van der Waals surface area contributed by atoms with Gasteiger partial charge in [0.05, 0.1) is 0 Å². The van der Waals surface area contributed by atoms with Crippen molar-refractivity contribution in [3.63, 3.8) is 0 Å². The van der Waals surface area contributed by atoms with Gasteiger partial charge >= 0.3 is 0 Å². The molecule has 0 spiro atoms. The van der Waals surface area contributed by atoms with Crippen molar-refractivity contribution in [2.75, 3.05) is 13.6 Å². The fourth-order valence-electron chi connectivity index (χ4n) is 1.12. The Morgan fingerprint density at radius 3 is 2.36 bits per heavy atom. The molecule has 1 nitrogen and oxygen atoms in total. The van der Waals surface area contributed by atoms with Gasteiger partial charge in [-0.3, -0.25) is 0 Å². The third kappa shape index (κ3) is 2.93. The molecular weight excluding hydrogens is 208 g/mol. The van der Waals surface area contributed by atoms with Crippen molar-refractivity contribution < 1.29 is 8.78 Å². The molecule has 1 rings (SSSR count). The highest BCUT2D eigenvalue weighted by Crippen LogP contribution is 2.31. The summed E-state index contributed by atoms with van der Waals surface area (Å²) in [4.78, 5) is 0. The summed E-state index contributed by atoms with van der Waals surface area (Å²) >= 11 is 5.61. The van der Waals surface area contributed by atoms with Gasteiger partial charge in [0, 0.05) is 23.6 Å². The summed E-state index contributed by atoms with van der Waals surface area (Å²) in [5, 5.41) is 3.17. The first-order valence-corrected chi connectivity index (χ1v) is 4.72. The molecule has 1 aromatic carbocycles. The second kappa shape index (κ2) is 4.71. The predicted molar refractivity (Wildman–Crippen MR) is 53.9 cm³/mol. The molecule has 0 saturated carbocycles. The summed E-state index contributed by atoms with van der Waals surface area (Å²) in [6, 6.07) is 5.67. The molecule has 0 unspecified atom stereocenters. The number of rotatable bonds is 4. The molecule has 0 bridgehead atoms. The molecule has 0 aromatic heterocycles. The Bertz CT molecular complexity index is 285. The average molecular weight is 220 g/mol. The first-order valence-electron chi connectivity index (χ1n) is 4.35. The normalized spacial score (nSPS) is 11.7. The summed E-state index contributed by atoms with van der Waals surface area (Å²) in [6.07, 6.45) is -0.203. The molecule has 4 heteroatoms. The monoisotopic (exact) mass is 219 g/mol. The van der Waals surface area contributed by atoms with Gasteiger partial charge in [-0.2, -0.15) is 0 Å². The molecule has 0 fully saturated rings. The molecule has 14 heavy (non-hydrogen) atoms. The van der Waals surface area contributed by atoms with Crippen LogP contribution in [0.25, 0.3) is 0 Å². The lowest BCUT2D eigenvalue weighted by Crippen LogP contribution is -2.20. The molecule has 0 aliphatic heterocycles. The molecule has 0 saturated heterocycles. The molecule has 0 radical (unpaired) electrons. The average Bonchev–Trinajstić information content (AvgIpc) is 2.16. The van der Waals surface area contributed by atoms with E-state index in [1.807, 2.05) is 0 Å². The van der Waals surface area contributed by atoms with Crippen LogP contribution in [0.3, 0.4) is 0 Å². The van der Waals surface area contributed by atoms with Crippen LogP contribution >= 0.6 is 11.6 Å². The van der Waals surface area contributed by atoms with Crippen LogP contribution in [0, 0.1) is 0 Å².